The molecule has 0 radical (unpaired) electrons. The molecule has 8 nitrogen and oxygen atoms in total. The molecule has 20 heavy (non-hydrogen) atoms. The van der Waals surface area contributed by atoms with Gasteiger partial charge in [0.2, 0.25) is 0 Å². The fourth-order valence-electron chi connectivity index (χ4n) is 0.955. The molecule has 0 heterocycles. The molecule has 0 saturated carbocycles. The van der Waals surface area contributed by atoms with Crippen LogP contribution in [-0.2, 0) is 23.9 Å². The Morgan fingerprint density at radius 2 is 1.60 bits per heavy atom. The van der Waals surface area contributed by atoms with Crippen LogP contribution in [0.25, 0.3) is 0 Å². The fourth-order valence-corrected chi connectivity index (χ4v) is 1.73. The van der Waals surface area contributed by atoms with E-state index in [9.17, 15) is 18.0 Å². The van der Waals surface area contributed by atoms with Gasteiger partial charge in [-0.05, 0) is 6.42 Å². The van der Waals surface area contributed by atoms with Crippen LogP contribution in [0, 0.1) is 0 Å². The number of carboxylic acids is 2. The van der Waals surface area contributed by atoms with E-state index in [0.29, 0.717) is 0 Å². The lowest BCUT2D eigenvalue weighted by molar-refractivity contribution is -0.143. The fraction of sp³-hybridized carbons (Fsp3) is 0.818. The van der Waals surface area contributed by atoms with Crippen LogP contribution >= 0.6 is 0 Å². The molecule has 4 N–H and O–H groups in total. The van der Waals surface area contributed by atoms with Gasteiger partial charge >= 0.3 is 11.9 Å². The van der Waals surface area contributed by atoms with Gasteiger partial charge in [-0.2, -0.15) is 8.42 Å². The largest absolute Gasteiger partial charge is 0.481 e. The van der Waals surface area contributed by atoms with Gasteiger partial charge in [0.25, 0.3) is 10.1 Å². The predicted molar refractivity (Wildman–Crippen MR) is 72.8 cm³/mol. The van der Waals surface area contributed by atoms with Crippen LogP contribution in [0.3, 0.4) is 0 Å². The minimum atomic E-state index is -3.34. The lowest BCUT2D eigenvalue weighted by atomic mass is 10.3. The Morgan fingerprint density at radius 3 is 1.95 bits per heavy atom. The second-order valence-electron chi connectivity index (χ2n) is 3.87. The van der Waals surface area contributed by atoms with Crippen molar-refractivity contribution in [1.29, 1.82) is 0 Å². The molecular weight excluding hydrogens is 290 g/mol. The highest BCUT2D eigenvalue weighted by molar-refractivity contribution is 7.86. The number of nitrogens with two attached hydrogens (primary N) is 1. The second-order valence-corrected chi connectivity index (χ2v) is 5.63. The molecule has 0 aromatic rings. The topological polar surface area (TPSA) is 144 Å². The lowest BCUT2D eigenvalue weighted by Gasteiger charge is -2.02. The molecule has 0 aliphatic heterocycles. The van der Waals surface area contributed by atoms with Crippen LogP contribution < -0.4 is 5.73 Å². The first-order valence-corrected chi connectivity index (χ1v) is 7.83. The Morgan fingerprint density at radius 1 is 1.10 bits per heavy atom. The molecule has 0 saturated heterocycles. The maximum absolute atomic E-state index is 10.9. The van der Waals surface area contributed by atoms with Crippen molar-refractivity contribution < 1.29 is 32.4 Å². The smallest absolute Gasteiger partial charge is 0.303 e. The standard InChI is InChI=1S/C7H17NO3S.C4H6O4/c1-2-3-4-6-11-12(9,10)7-5-8;5-3(6)1-2-4(7)8/h2-8H2,1H3;1-2H2,(H,5,6)(H,7,8). The van der Waals surface area contributed by atoms with Crippen molar-refractivity contribution in [2.45, 2.75) is 39.0 Å². The number of carbonyl (C=O) groups is 2. The number of hydrogen-bond donors (Lipinski definition) is 3. The van der Waals surface area contributed by atoms with Gasteiger partial charge in [-0.3, -0.25) is 13.8 Å². The highest BCUT2D eigenvalue weighted by Gasteiger charge is 2.08. The zero-order chi connectivity index (χ0) is 16.0. The van der Waals surface area contributed by atoms with E-state index in [1.807, 2.05) is 6.92 Å². The van der Waals surface area contributed by atoms with E-state index in [2.05, 4.69) is 4.18 Å². The molecule has 0 aliphatic carbocycles. The van der Waals surface area contributed by atoms with Crippen molar-refractivity contribution in [3.63, 3.8) is 0 Å². The van der Waals surface area contributed by atoms with E-state index in [1.165, 1.54) is 0 Å². The van der Waals surface area contributed by atoms with Crippen molar-refractivity contribution >= 4 is 22.1 Å². The van der Waals surface area contributed by atoms with Crippen molar-refractivity contribution in [1.82, 2.24) is 0 Å². The van der Waals surface area contributed by atoms with Crippen LogP contribution in [-0.4, -0.2) is 49.5 Å². The summed E-state index contributed by atoms with van der Waals surface area (Å²) in [5.41, 5.74) is 5.09. The van der Waals surface area contributed by atoms with Crippen LogP contribution in [0.15, 0.2) is 0 Å². The predicted octanol–water partition coefficient (Wildman–Crippen LogP) is 0.418. The first-order valence-electron chi connectivity index (χ1n) is 6.26. The highest BCUT2D eigenvalue weighted by Crippen LogP contribution is 1.98. The van der Waals surface area contributed by atoms with E-state index in [0.717, 1.165) is 19.3 Å². The third kappa shape index (κ3) is 19.2. The van der Waals surface area contributed by atoms with Gasteiger partial charge in [0, 0.05) is 6.54 Å². The Balaban J connectivity index is 0. The highest BCUT2D eigenvalue weighted by atomic mass is 32.2. The minimum Gasteiger partial charge on any atom is -0.481 e. The summed E-state index contributed by atoms with van der Waals surface area (Å²) in [6, 6.07) is 0. The summed E-state index contributed by atoms with van der Waals surface area (Å²) in [6.07, 6.45) is 2.25. The normalized spacial score (nSPS) is 10.5. The summed E-state index contributed by atoms with van der Waals surface area (Å²) in [7, 11) is -3.34. The first kappa shape index (κ1) is 21.1. The quantitative estimate of drug-likeness (QED) is 0.388. The van der Waals surface area contributed by atoms with E-state index in [1.54, 1.807) is 0 Å². The summed E-state index contributed by atoms with van der Waals surface area (Å²) in [5.74, 6) is -2.24. The van der Waals surface area contributed by atoms with E-state index >= 15 is 0 Å². The van der Waals surface area contributed by atoms with Crippen molar-refractivity contribution in [3.8, 4) is 0 Å². The molecule has 0 atom stereocenters. The Bertz CT molecular complexity index is 353. The summed E-state index contributed by atoms with van der Waals surface area (Å²) >= 11 is 0. The molecule has 120 valence electrons. The number of hydrogen-bond acceptors (Lipinski definition) is 6. The molecule has 0 aromatic heterocycles. The molecule has 0 bridgehead atoms. The molecule has 9 heteroatoms. The van der Waals surface area contributed by atoms with Gasteiger partial charge in [0.15, 0.2) is 0 Å². The minimum absolute atomic E-state index is 0.0842. The monoisotopic (exact) mass is 313 g/mol. The van der Waals surface area contributed by atoms with E-state index in [-0.39, 0.29) is 31.7 Å². The molecular formula is C11H23NO7S. The van der Waals surface area contributed by atoms with Crippen molar-refractivity contribution in [2.75, 3.05) is 18.9 Å². The zero-order valence-electron chi connectivity index (χ0n) is 11.6. The van der Waals surface area contributed by atoms with Gasteiger partial charge in [-0.1, -0.05) is 19.8 Å². The van der Waals surface area contributed by atoms with Crippen LogP contribution in [0.2, 0.25) is 0 Å². The van der Waals surface area contributed by atoms with Crippen LogP contribution in [0.4, 0.5) is 0 Å². The lowest BCUT2D eigenvalue weighted by Crippen LogP contribution is -2.18. The maximum Gasteiger partial charge on any atom is 0.303 e. The van der Waals surface area contributed by atoms with E-state index < -0.39 is 22.1 Å². The van der Waals surface area contributed by atoms with Gasteiger partial charge in [0.05, 0.1) is 25.2 Å². The SMILES string of the molecule is CCCCCOS(=O)(=O)CCN.O=C(O)CCC(=O)O. The van der Waals surface area contributed by atoms with Crippen molar-refractivity contribution in [3.05, 3.63) is 0 Å². The summed E-state index contributed by atoms with van der Waals surface area (Å²) in [5, 5.41) is 15.8. The van der Waals surface area contributed by atoms with Crippen LogP contribution in [0.5, 0.6) is 0 Å². The van der Waals surface area contributed by atoms with Crippen LogP contribution in [0.1, 0.15) is 39.0 Å². The molecule has 0 amide bonds. The number of carboxylic acid groups (broad SMARTS) is 2. The molecule has 0 rings (SSSR count). The molecule has 0 spiro atoms. The van der Waals surface area contributed by atoms with Gasteiger partial charge in [0.1, 0.15) is 0 Å². The molecule has 0 aromatic carbocycles. The average Bonchev–Trinajstić information content (AvgIpc) is 2.33. The number of rotatable bonds is 10. The summed E-state index contributed by atoms with van der Waals surface area (Å²) in [4.78, 5) is 19.3. The van der Waals surface area contributed by atoms with Gasteiger partial charge in [-0.15, -0.1) is 0 Å². The Labute approximate surface area is 119 Å². The molecule has 0 aliphatic rings. The van der Waals surface area contributed by atoms with Crippen molar-refractivity contribution in [2.24, 2.45) is 5.73 Å². The second kappa shape index (κ2) is 12.8. The Hall–Kier alpha value is -1.19. The maximum atomic E-state index is 10.9. The number of unbranched alkanes of at least 4 members (excludes halogenated alkanes) is 2. The number of aliphatic carboxylic acids is 2. The van der Waals surface area contributed by atoms with Gasteiger partial charge < -0.3 is 15.9 Å². The third-order valence-electron chi connectivity index (χ3n) is 1.93. The zero-order valence-corrected chi connectivity index (χ0v) is 12.4. The van der Waals surface area contributed by atoms with Gasteiger partial charge in [-0.25, -0.2) is 0 Å². The van der Waals surface area contributed by atoms with E-state index in [4.69, 9.17) is 15.9 Å². The first-order chi connectivity index (χ1) is 9.25. The Kier molecular flexibility index (Phi) is 13.5. The molecule has 0 fully saturated rings. The summed E-state index contributed by atoms with van der Waals surface area (Å²) < 4.78 is 26.4. The average molecular weight is 313 g/mol. The summed E-state index contributed by atoms with van der Waals surface area (Å²) in [6.45, 7) is 2.46. The third-order valence-corrected chi connectivity index (χ3v) is 3.19. The molecule has 0 unspecified atom stereocenters.